The summed E-state index contributed by atoms with van der Waals surface area (Å²) in [5, 5.41) is 2.55. The molecule has 2 aromatic carbocycles. The Labute approximate surface area is 200 Å². The van der Waals surface area contributed by atoms with Crippen LogP contribution in [0, 0.1) is 13.8 Å². The van der Waals surface area contributed by atoms with Gasteiger partial charge in [0.25, 0.3) is 0 Å². The molecule has 4 rings (SSSR count). The highest BCUT2D eigenvalue weighted by Crippen LogP contribution is 2.43. The predicted octanol–water partition coefficient (Wildman–Crippen LogP) is 5.87. The van der Waals surface area contributed by atoms with Crippen molar-refractivity contribution in [2.45, 2.75) is 26.4 Å². The summed E-state index contributed by atoms with van der Waals surface area (Å²) in [4.78, 5) is 21.6. The van der Waals surface area contributed by atoms with E-state index in [9.17, 15) is 18.0 Å². The van der Waals surface area contributed by atoms with E-state index in [2.05, 4.69) is 15.3 Å². The number of pyridine rings is 1. The summed E-state index contributed by atoms with van der Waals surface area (Å²) in [5.74, 6) is -0.825. The third-order valence-electron chi connectivity index (χ3n) is 5.42. The van der Waals surface area contributed by atoms with Crippen LogP contribution in [-0.2, 0) is 15.7 Å². The van der Waals surface area contributed by atoms with E-state index in [4.69, 9.17) is 9.47 Å². The number of alkyl halides is 3. The third-order valence-corrected chi connectivity index (χ3v) is 5.42. The minimum atomic E-state index is -4.67. The number of nitrogens with one attached hydrogen (secondary N) is 1. The molecule has 35 heavy (non-hydrogen) atoms. The van der Waals surface area contributed by atoms with Gasteiger partial charge in [-0.25, -0.2) is 4.99 Å². The molecule has 0 aliphatic carbocycles. The molecule has 0 bridgehead atoms. The molecule has 182 valence electrons. The van der Waals surface area contributed by atoms with Crippen LogP contribution in [-0.4, -0.2) is 36.9 Å². The zero-order valence-electron chi connectivity index (χ0n) is 19.5. The standard InChI is InChI=1S/C26H24F3N3O3/c1-15-9-19(10-16(2)30-15)17-5-4-6-18(11-17)21-14-25(33)32-22-12-20(26(27,28)29)24(13-23(22)31-21)35-8-7-34-3/h4-6,9-13H,7-8,14H2,1-3H3,(H,32,33). The number of aliphatic imine (C=N–C) groups is 1. The van der Waals surface area contributed by atoms with E-state index < -0.39 is 17.6 Å². The van der Waals surface area contributed by atoms with Crippen molar-refractivity contribution < 1.29 is 27.4 Å². The van der Waals surface area contributed by atoms with Gasteiger partial charge in [-0.1, -0.05) is 18.2 Å². The van der Waals surface area contributed by atoms with Crippen LogP contribution in [0.3, 0.4) is 0 Å². The van der Waals surface area contributed by atoms with Crippen molar-refractivity contribution in [3.63, 3.8) is 0 Å². The fourth-order valence-corrected chi connectivity index (χ4v) is 3.92. The van der Waals surface area contributed by atoms with E-state index in [-0.39, 0.29) is 36.8 Å². The van der Waals surface area contributed by atoms with Gasteiger partial charge in [-0.3, -0.25) is 9.78 Å². The Morgan fingerprint density at radius 2 is 1.69 bits per heavy atom. The summed E-state index contributed by atoms with van der Waals surface area (Å²) in [6.45, 7) is 3.89. The average Bonchev–Trinajstić information content (AvgIpc) is 2.95. The van der Waals surface area contributed by atoms with Crippen LogP contribution in [0.25, 0.3) is 11.1 Å². The molecular weight excluding hydrogens is 459 g/mol. The van der Waals surface area contributed by atoms with E-state index in [0.717, 1.165) is 28.6 Å². The van der Waals surface area contributed by atoms with Gasteiger partial charge in [0.2, 0.25) is 5.91 Å². The maximum absolute atomic E-state index is 13.7. The number of hydrogen-bond donors (Lipinski definition) is 1. The normalized spacial score (nSPS) is 13.5. The van der Waals surface area contributed by atoms with Gasteiger partial charge < -0.3 is 14.8 Å². The van der Waals surface area contributed by atoms with E-state index in [0.29, 0.717) is 11.3 Å². The molecule has 1 aliphatic heterocycles. The number of nitrogens with zero attached hydrogens (tertiary/aromatic N) is 2. The first-order chi connectivity index (χ1) is 16.6. The molecule has 1 aromatic heterocycles. The van der Waals surface area contributed by atoms with E-state index in [1.54, 1.807) is 0 Å². The highest BCUT2D eigenvalue weighted by molar-refractivity contribution is 6.17. The quantitative estimate of drug-likeness (QED) is 0.445. The molecule has 0 atom stereocenters. The van der Waals surface area contributed by atoms with Gasteiger partial charge in [0.1, 0.15) is 12.4 Å². The molecule has 0 saturated heterocycles. The average molecular weight is 483 g/mol. The number of benzene rings is 2. The van der Waals surface area contributed by atoms with Crippen molar-refractivity contribution in [3.05, 3.63) is 71.0 Å². The van der Waals surface area contributed by atoms with Crippen LogP contribution in [0.5, 0.6) is 5.75 Å². The van der Waals surface area contributed by atoms with E-state index in [1.807, 2.05) is 50.2 Å². The Balaban J connectivity index is 1.78. The lowest BCUT2D eigenvalue weighted by atomic mass is 9.99. The Hall–Kier alpha value is -3.72. The molecule has 0 unspecified atom stereocenters. The Morgan fingerprint density at radius 3 is 2.37 bits per heavy atom. The number of rotatable bonds is 6. The van der Waals surface area contributed by atoms with Crippen molar-refractivity contribution in [2.24, 2.45) is 4.99 Å². The molecule has 6 nitrogen and oxygen atoms in total. The largest absolute Gasteiger partial charge is 0.490 e. The van der Waals surface area contributed by atoms with Crippen molar-refractivity contribution in [1.29, 1.82) is 0 Å². The number of ether oxygens (including phenoxy) is 2. The molecular formula is C26H24F3N3O3. The van der Waals surface area contributed by atoms with Gasteiger partial charge in [0.15, 0.2) is 0 Å². The van der Waals surface area contributed by atoms with Crippen LogP contribution in [0.15, 0.2) is 53.5 Å². The van der Waals surface area contributed by atoms with Crippen molar-refractivity contribution in [2.75, 3.05) is 25.6 Å². The number of methoxy groups -OCH3 is 1. The zero-order chi connectivity index (χ0) is 25.2. The second-order valence-electron chi connectivity index (χ2n) is 8.21. The van der Waals surface area contributed by atoms with E-state index in [1.165, 1.54) is 13.2 Å². The molecule has 1 aliphatic rings. The SMILES string of the molecule is COCCOc1cc2c(cc1C(F)(F)F)NC(=O)CC(c1cccc(-c3cc(C)nc(C)c3)c1)=N2. The lowest BCUT2D eigenvalue weighted by Gasteiger charge is -2.16. The molecule has 1 amide bonds. The van der Waals surface area contributed by atoms with Gasteiger partial charge in [-0.15, -0.1) is 0 Å². The summed E-state index contributed by atoms with van der Waals surface area (Å²) in [6.07, 6.45) is -4.76. The number of anilines is 1. The summed E-state index contributed by atoms with van der Waals surface area (Å²) in [5.41, 5.74) is 3.96. The van der Waals surface area contributed by atoms with Crippen LogP contribution in [0.4, 0.5) is 24.5 Å². The van der Waals surface area contributed by atoms with Gasteiger partial charge >= 0.3 is 6.18 Å². The fourth-order valence-electron chi connectivity index (χ4n) is 3.92. The van der Waals surface area contributed by atoms with Crippen molar-refractivity contribution in [1.82, 2.24) is 4.98 Å². The number of aryl methyl sites for hydroxylation is 2. The summed E-state index contributed by atoms with van der Waals surface area (Å²) < 4.78 is 51.2. The Bertz CT molecular complexity index is 1280. The molecule has 0 radical (unpaired) electrons. The molecule has 0 fully saturated rings. The highest BCUT2D eigenvalue weighted by atomic mass is 19.4. The first kappa shape index (κ1) is 24.4. The number of aromatic nitrogens is 1. The Kier molecular flexibility index (Phi) is 6.88. The minimum absolute atomic E-state index is 0.0204. The second-order valence-corrected chi connectivity index (χ2v) is 8.21. The van der Waals surface area contributed by atoms with Crippen LogP contribution in [0.1, 0.15) is 28.9 Å². The zero-order valence-corrected chi connectivity index (χ0v) is 19.5. The number of halogens is 3. The lowest BCUT2D eigenvalue weighted by molar-refractivity contribution is -0.139. The van der Waals surface area contributed by atoms with Crippen LogP contribution < -0.4 is 10.1 Å². The summed E-state index contributed by atoms with van der Waals surface area (Å²) in [6, 6.07) is 13.5. The first-order valence-corrected chi connectivity index (χ1v) is 10.9. The molecule has 9 heteroatoms. The van der Waals surface area contributed by atoms with Gasteiger partial charge in [0, 0.05) is 24.6 Å². The number of carbonyl (C=O) groups is 1. The number of hydrogen-bond acceptors (Lipinski definition) is 5. The summed E-state index contributed by atoms with van der Waals surface area (Å²) in [7, 11) is 1.43. The van der Waals surface area contributed by atoms with Crippen molar-refractivity contribution in [3.8, 4) is 16.9 Å². The Morgan fingerprint density at radius 1 is 0.971 bits per heavy atom. The van der Waals surface area contributed by atoms with Crippen LogP contribution >= 0.6 is 0 Å². The second kappa shape index (κ2) is 9.87. The molecule has 0 spiro atoms. The van der Waals surface area contributed by atoms with Gasteiger partial charge in [-0.2, -0.15) is 13.2 Å². The predicted molar refractivity (Wildman–Crippen MR) is 127 cm³/mol. The van der Waals surface area contributed by atoms with Crippen LogP contribution in [0.2, 0.25) is 0 Å². The minimum Gasteiger partial charge on any atom is -0.490 e. The number of amides is 1. The highest BCUT2D eigenvalue weighted by Gasteiger charge is 2.36. The summed E-state index contributed by atoms with van der Waals surface area (Å²) >= 11 is 0. The molecule has 2 heterocycles. The molecule has 3 aromatic rings. The lowest BCUT2D eigenvalue weighted by Crippen LogP contribution is -2.16. The number of fused-ring (bicyclic) bond motifs is 1. The van der Waals surface area contributed by atoms with Gasteiger partial charge in [0.05, 0.1) is 35.7 Å². The molecule has 0 saturated carbocycles. The monoisotopic (exact) mass is 483 g/mol. The fraction of sp³-hybridized carbons (Fsp3) is 0.269. The molecule has 1 N–H and O–H groups in total. The van der Waals surface area contributed by atoms with Gasteiger partial charge in [-0.05, 0) is 54.8 Å². The number of carbonyl (C=O) groups excluding carboxylic acids is 1. The smallest absolute Gasteiger partial charge is 0.420 e. The maximum atomic E-state index is 13.7. The van der Waals surface area contributed by atoms with E-state index >= 15 is 0 Å². The third kappa shape index (κ3) is 5.68. The first-order valence-electron chi connectivity index (χ1n) is 10.9. The topological polar surface area (TPSA) is 72.8 Å². The van der Waals surface area contributed by atoms with Crippen molar-refractivity contribution >= 4 is 23.0 Å². The maximum Gasteiger partial charge on any atom is 0.420 e.